The van der Waals surface area contributed by atoms with Gasteiger partial charge in [-0.05, 0) is 25.9 Å². The Labute approximate surface area is 135 Å². The van der Waals surface area contributed by atoms with Gasteiger partial charge >= 0.3 is 5.69 Å². The highest BCUT2D eigenvalue weighted by atomic mass is 35.5. The largest absolute Gasteiger partial charge is 0.481 e. The van der Waals surface area contributed by atoms with Gasteiger partial charge in [0.15, 0.2) is 0 Å². The molecule has 7 nitrogen and oxygen atoms in total. The van der Waals surface area contributed by atoms with Gasteiger partial charge in [0.25, 0.3) is 0 Å². The van der Waals surface area contributed by atoms with E-state index < -0.39 is 4.92 Å². The number of hydrogen-bond donors (Lipinski definition) is 0. The average molecular weight is 329 g/mol. The third-order valence-electron chi connectivity index (χ3n) is 3.73. The molecule has 1 aliphatic heterocycles. The summed E-state index contributed by atoms with van der Waals surface area (Å²) >= 11 is 5.74. The predicted octanol–water partition coefficient (Wildman–Crippen LogP) is 2.14. The second kappa shape index (κ2) is 8.14. The van der Waals surface area contributed by atoms with Crippen molar-refractivity contribution < 1.29 is 9.66 Å². The van der Waals surface area contributed by atoms with E-state index in [1.54, 1.807) is 0 Å². The van der Waals surface area contributed by atoms with E-state index in [-0.39, 0.29) is 5.69 Å². The Bertz CT molecular complexity index is 515. The van der Waals surface area contributed by atoms with E-state index >= 15 is 0 Å². The molecule has 22 heavy (non-hydrogen) atoms. The summed E-state index contributed by atoms with van der Waals surface area (Å²) in [5.41, 5.74) is 0.0232. The number of methoxy groups -OCH3 is 1. The maximum atomic E-state index is 11.2. The minimum atomic E-state index is -0.391. The number of anilines is 1. The van der Waals surface area contributed by atoms with Crippen LogP contribution in [0.2, 0.25) is 0 Å². The molecular weight excluding hydrogens is 308 g/mol. The zero-order valence-electron chi connectivity index (χ0n) is 12.7. The number of pyridine rings is 1. The smallest absolute Gasteiger partial charge is 0.311 e. The molecule has 0 saturated carbocycles. The van der Waals surface area contributed by atoms with Crippen LogP contribution in [-0.4, -0.2) is 60.5 Å². The second-order valence-electron chi connectivity index (χ2n) is 5.18. The minimum Gasteiger partial charge on any atom is -0.481 e. The van der Waals surface area contributed by atoms with Crippen LogP contribution in [-0.2, 0) is 0 Å². The highest BCUT2D eigenvalue weighted by Crippen LogP contribution is 2.29. The molecule has 1 saturated heterocycles. The van der Waals surface area contributed by atoms with Crippen molar-refractivity contribution in [1.82, 2.24) is 9.88 Å². The fourth-order valence-electron chi connectivity index (χ4n) is 2.60. The second-order valence-corrected chi connectivity index (χ2v) is 5.56. The highest BCUT2D eigenvalue weighted by Gasteiger charge is 2.24. The van der Waals surface area contributed by atoms with Gasteiger partial charge in [-0.1, -0.05) is 0 Å². The van der Waals surface area contributed by atoms with Gasteiger partial charge in [-0.2, -0.15) is 4.98 Å². The summed E-state index contributed by atoms with van der Waals surface area (Å²) < 4.78 is 5.10. The van der Waals surface area contributed by atoms with Crippen molar-refractivity contribution in [2.24, 2.45) is 0 Å². The zero-order chi connectivity index (χ0) is 15.9. The number of hydrogen-bond acceptors (Lipinski definition) is 6. The van der Waals surface area contributed by atoms with E-state index in [1.165, 1.54) is 19.2 Å². The quantitative estimate of drug-likeness (QED) is 0.452. The van der Waals surface area contributed by atoms with Crippen molar-refractivity contribution in [2.45, 2.75) is 12.8 Å². The van der Waals surface area contributed by atoms with E-state index in [2.05, 4.69) is 9.88 Å². The van der Waals surface area contributed by atoms with Crippen molar-refractivity contribution in [3.63, 3.8) is 0 Å². The summed E-state index contributed by atoms with van der Waals surface area (Å²) in [6, 6.07) is 2.98. The van der Waals surface area contributed by atoms with Gasteiger partial charge in [0.1, 0.15) is 0 Å². The Balaban J connectivity index is 2.15. The predicted molar refractivity (Wildman–Crippen MR) is 86.1 cm³/mol. The maximum absolute atomic E-state index is 11.2. The summed E-state index contributed by atoms with van der Waals surface area (Å²) in [4.78, 5) is 19.4. The average Bonchev–Trinajstić information content (AvgIpc) is 2.77. The summed E-state index contributed by atoms with van der Waals surface area (Å²) in [6.07, 6.45) is 1.90. The molecule has 0 unspecified atom stereocenters. The molecule has 0 bridgehead atoms. The Morgan fingerprint density at radius 2 is 2.18 bits per heavy atom. The molecular formula is C14H21ClN4O3. The van der Waals surface area contributed by atoms with Gasteiger partial charge in [0, 0.05) is 37.6 Å². The maximum Gasteiger partial charge on any atom is 0.311 e. The standard InChI is InChI=1S/C14H21ClN4O3/c1-22-13-5-4-12(19(20)21)14(16-13)18-9-3-8-17(10-11-18)7-2-6-15/h4-5H,2-3,6-11H2,1H3. The van der Waals surface area contributed by atoms with Crippen LogP contribution in [0, 0.1) is 10.1 Å². The number of aromatic nitrogens is 1. The van der Waals surface area contributed by atoms with Gasteiger partial charge < -0.3 is 14.5 Å². The molecule has 0 radical (unpaired) electrons. The van der Waals surface area contributed by atoms with Crippen LogP contribution in [0.4, 0.5) is 11.5 Å². The van der Waals surface area contributed by atoms with Crippen molar-refractivity contribution in [3.8, 4) is 5.88 Å². The molecule has 1 aliphatic rings. The number of rotatable bonds is 6. The molecule has 122 valence electrons. The molecule has 0 spiro atoms. The molecule has 0 N–H and O–H groups in total. The van der Waals surface area contributed by atoms with Crippen LogP contribution in [0.15, 0.2) is 12.1 Å². The Kier molecular flexibility index (Phi) is 6.21. The van der Waals surface area contributed by atoms with Crippen LogP contribution in [0.25, 0.3) is 0 Å². The van der Waals surface area contributed by atoms with E-state index in [4.69, 9.17) is 16.3 Å². The molecule has 1 aromatic rings. The molecule has 0 amide bonds. The topological polar surface area (TPSA) is 71.7 Å². The van der Waals surface area contributed by atoms with E-state index in [0.717, 1.165) is 39.0 Å². The van der Waals surface area contributed by atoms with Crippen LogP contribution < -0.4 is 9.64 Å². The number of halogens is 1. The van der Waals surface area contributed by atoms with Crippen molar-refractivity contribution >= 4 is 23.1 Å². The third-order valence-corrected chi connectivity index (χ3v) is 4.00. The zero-order valence-corrected chi connectivity index (χ0v) is 13.5. The molecule has 8 heteroatoms. The monoisotopic (exact) mass is 328 g/mol. The molecule has 0 atom stereocenters. The van der Waals surface area contributed by atoms with Gasteiger partial charge in [-0.25, -0.2) is 0 Å². The van der Waals surface area contributed by atoms with Crippen molar-refractivity contribution in [1.29, 1.82) is 0 Å². The minimum absolute atomic E-state index is 0.0232. The summed E-state index contributed by atoms with van der Waals surface area (Å²) in [6.45, 7) is 4.25. The lowest BCUT2D eigenvalue weighted by Gasteiger charge is -2.22. The van der Waals surface area contributed by atoms with Crippen LogP contribution >= 0.6 is 11.6 Å². The molecule has 1 aromatic heterocycles. The van der Waals surface area contributed by atoms with Gasteiger partial charge in [0.05, 0.1) is 12.0 Å². The van der Waals surface area contributed by atoms with Crippen LogP contribution in [0.1, 0.15) is 12.8 Å². The van der Waals surface area contributed by atoms with E-state index in [1.807, 2.05) is 4.90 Å². The summed E-state index contributed by atoms with van der Waals surface area (Å²) in [5.74, 6) is 1.44. The lowest BCUT2D eigenvalue weighted by atomic mass is 10.3. The van der Waals surface area contributed by atoms with E-state index in [0.29, 0.717) is 24.1 Å². The van der Waals surface area contributed by atoms with E-state index in [9.17, 15) is 10.1 Å². The first kappa shape index (κ1) is 16.8. The Hall–Kier alpha value is -1.60. The van der Waals surface area contributed by atoms with Gasteiger partial charge in [-0.15, -0.1) is 11.6 Å². The molecule has 1 fully saturated rings. The number of ether oxygens (including phenoxy) is 1. The molecule has 0 aromatic carbocycles. The van der Waals surface area contributed by atoms with Gasteiger partial charge in [-0.3, -0.25) is 10.1 Å². The summed E-state index contributed by atoms with van der Waals surface area (Å²) in [5, 5.41) is 11.2. The molecule has 2 rings (SSSR count). The summed E-state index contributed by atoms with van der Waals surface area (Å²) in [7, 11) is 1.51. The van der Waals surface area contributed by atoms with Crippen molar-refractivity contribution in [3.05, 3.63) is 22.2 Å². The fraction of sp³-hybridized carbons (Fsp3) is 0.643. The normalized spacial score (nSPS) is 16.4. The first-order valence-electron chi connectivity index (χ1n) is 7.38. The molecule has 0 aliphatic carbocycles. The fourth-order valence-corrected chi connectivity index (χ4v) is 2.72. The first-order valence-corrected chi connectivity index (χ1v) is 7.92. The highest BCUT2D eigenvalue weighted by molar-refractivity contribution is 6.17. The van der Waals surface area contributed by atoms with Crippen LogP contribution in [0.3, 0.4) is 0 Å². The number of nitrogens with zero attached hydrogens (tertiary/aromatic N) is 4. The molecule has 2 heterocycles. The third kappa shape index (κ3) is 4.20. The van der Waals surface area contributed by atoms with Crippen molar-refractivity contribution in [2.75, 3.05) is 50.6 Å². The number of nitro groups is 1. The number of alkyl halides is 1. The lowest BCUT2D eigenvalue weighted by molar-refractivity contribution is -0.384. The Morgan fingerprint density at radius 3 is 2.86 bits per heavy atom. The lowest BCUT2D eigenvalue weighted by Crippen LogP contribution is -2.32. The Morgan fingerprint density at radius 1 is 1.36 bits per heavy atom. The first-order chi connectivity index (χ1) is 10.7. The SMILES string of the molecule is COc1ccc([N+](=O)[O-])c(N2CCCN(CCCCl)CC2)n1. The van der Waals surface area contributed by atoms with Crippen LogP contribution in [0.5, 0.6) is 5.88 Å². The van der Waals surface area contributed by atoms with Gasteiger partial charge in [0.2, 0.25) is 11.7 Å².